The first-order valence-corrected chi connectivity index (χ1v) is 8.64. The van der Waals surface area contributed by atoms with Crippen LogP contribution < -0.4 is 0 Å². The maximum absolute atomic E-state index is 13.1. The Kier molecular flexibility index (Phi) is 4.47. The van der Waals surface area contributed by atoms with Crippen molar-refractivity contribution in [3.05, 3.63) is 29.6 Å². The zero-order chi connectivity index (χ0) is 17.4. The minimum Gasteiger partial charge on any atom is -0.222 e. The van der Waals surface area contributed by atoms with Crippen molar-refractivity contribution in [2.75, 3.05) is 6.26 Å². The fourth-order valence-corrected chi connectivity index (χ4v) is 2.44. The summed E-state index contributed by atoms with van der Waals surface area (Å²) in [6, 6.07) is 2.44. The Morgan fingerprint density at radius 3 is 2.35 bits per heavy atom. The second-order valence-corrected chi connectivity index (χ2v) is 7.15. The Labute approximate surface area is 131 Å². The van der Waals surface area contributed by atoms with E-state index in [1.807, 2.05) is 0 Å². The molecule has 0 saturated heterocycles. The van der Waals surface area contributed by atoms with Crippen LogP contribution in [0.15, 0.2) is 23.4 Å². The van der Waals surface area contributed by atoms with E-state index < -0.39 is 21.7 Å². The van der Waals surface area contributed by atoms with Crippen LogP contribution in [-0.4, -0.2) is 34.7 Å². The van der Waals surface area contributed by atoms with Crippen molar-refractivity contribution in [2.24, 2.45) is 0 Å². The van der Waals surface area contributed by atoms with Crippen LogP contribution in [0.25, 0.3) is 5.82 Å². The zero-order valence-corrected chi connectivity index (χ0v) is 13.5. The van der Waals surface area contributed by atoms with Gasteiger partial charge in [-0.3, -0.25) is 0 Å². The van der Waals surface area contributed by atoms with Crippen LogP contribution in [0, 0.1) is 0 Å². The highest BCUT2D eigenvalue weighted by Gasteiger charge is 2.38. The highest BCUT2D eigenvalue weighted by Crippen LogP contribution is 2.35. The average molecular weight is 348 g/mol. The summed E-state index contributed by atoms with van der Waals surface area (Å²) in [6.45, 7) is 3.46. The van der Waals surface area contributed by atoms with E-state index in [0.29, 0.717) is 6.42 Å². The monoisotopic (exact) mass is 348 g/mol. The third kappa shape index (κ3) is 3.69. The molecular weight excluding hydrogens is 333 g/mol. The predicted molar refractivity (Wildman–Crippen MR) is 76.0 cm³/mol. The molecule has 0 fully saturated rings. The number of aromatic nitrogens is 4. The van der Waals surface area contributed by atoms with Gasteiger partial charge in [-0.15, -0.1) is 10.2 Å². The number of nitrogens with zero attached hydrogens (tertiary/aromatic N) is 4. The van der Waals surface area contributed by atoms with Crippen molar-refractivity contribution in [3.8, 4) is 5.82 Å². The lowest BCUT2D eigenvalue weighted by atomic mass is 9.99. The van der Waals surface area contributed by atoms with E-state index in [1.54, 1.807) is 13.8 Å². The van der Waals surface area contributed by atoms with Crippen LogP contribution in [0.3, 0.4) is 0 Å². The van der Waals surface area contributed by atoms with Gasteiger partial charge in [-0.25, -0.2) is 13.1 Å². The molecule has 0 saturated carbocycles. The molecule has 2 aromatic heterocycles. The van der Waals surface area contributed by atoms with Crippen LogP contribution in [0.4, 0.5) is 13.2 Å². The summed E-state index contributed by atoms with van der Waals surface area (Å²) in [5.74, 6) is -0.318. The van der Waals surface area contributed by atoms with Crippen LogP contribution in [0.2, 0.25) is 0 Å². The van der Waals surface area contributed by atoms with Gasteiger partial charge in [-0.2, -0.15) is 18.3 Å². The van der Waals surface area contributed by atoms with Gasteiger partial charge in [-0.05, 0) is 24.5 Å². The lowest BCUT2D eigenvalue weighted by Gasteiger charge is -2.10. The number of hydrogen-bond donors (Lipinski definition) is 0. The molecule has 1 unspecified atom stereocenters. The molecule has 1 atom stereocenters. The minimum atomic E-state index is -4.58. The van der Waals surface area contributed by atoms with E-state index in [9.17, 15) is 21.6 Å². The van der Waals surface area contributed by atoms with Crippen molar-refractivity contribution in [1.29, 1.82) is 0 Å². The van der Waals surface area contributed by atoms with Gasteiger partial charge in [0.2, 0.25) is 0 Å². The smallest absolute Gasteiger partial charge is 0.222 e. The molecule has 23 heavy (non-hydrogen) atoms. The Morgan fingerprint density at radius 2 is 1.91 bits per heavy atom. The SMILES string of the molecule is CCC(C)c1cn(-c2ccc(S(C)(=O)=O)nn2)nc1C(F)(F)F. The molecule has 0 radical (unpaired) electrons. The molecule has 0 spiro atoms. The van der Waals surface area contributed by atoms with Gasteiger partial charge in [0.05, 0.1) is 0 Å². The lowest BCUT2D eigenvalue weighted by Crippen LogP contribution is -2.11. The Morgan fingerprint density at radius 1 is 1.26 bits per heavy atom. The van der Waals surface area contributed by atoms with E-state index in [-0.39, 0.29) is 22.3 Å². The van der Waals surface area contributed by atoms with Gasteiger partial charge in [0.1, 0.15) is 0 Å². The fraction of sp³-hybridized carbons (Fsp3) is 0.462. The van der Waals surface area contributed by atoms with Crippen molar-refractivity contribution < 1.29 is 21.6 Å². The summed E-state index contributed by atoms with van der Waals surface area (Å²) >= 11 is 0. The van der Waals surface area contributed by atoms with Crippen LogP contribution >= 0.6 is 0 Å². The molecule has 0 aliphatic rings. The van der Waals surface area contributed by atoms with Gasteiger partial charge in [0, 0.05) is 18.0 Å². The van der Waals surface area contributed by atoms with E-state index >= 15 is 0 Å². The number of rotatable bonds is 4. The van der Waals surface area contributed by atoms with Crippen molar-refractivity contribution in [3.63, 3.8) is 0 Å². The predicted octanol–water partition coefficient (Wildman–Crippen LogP) is 2.60. The molecule has 10 heteroatoms. The molecule has 0 aliphatic heterocycles. The van der Waals surface area contributed by atoms with E-state index in [0.717, 1.165) is 10.9 Å². The maximum Gasteiger partial charge on any atom is 0.435 e. The van der Waals surface area contributed by atoms with Gasteiger partial charge in [-0.1, -0.05) is 13.8 Å². The minimum absolute atomic E-state index is 0.0115. The standard InChI is InChI=1S/C13H15F3N4O2S/c1-4-8(2)9-7-20(19-12(9)13(14,15)16)10-5-6-11(18-17-10)23(3,21)22/h5-8H,4H2,1-3H3. The van der Waals surface area contributed by atoms with Gasteiger partial charge in [0.25, 0.3) is 0 Å². The first-order valence-electron chi connectivity index (χ1n) is 6.75. The second-order valence-electron chi connectivity index (χ2n) is 5.19. The molecule has 2 aromatic rings. The first kappa shape index (κ1) is 17.4. The van der Waals surface area contributed by atoms with Crippen LogP contribution in [0.1, 0.15) is 37.4 Å². The van der Waals surface area contributed by atoms with E-state index in [4.69, 9.17) is 0 Å². The highest BCUT2D eigenvalue weighted by molar-refractivity contribution is 7.90. The third-order valence-corrected chi connectivity index (χ3v) is 4.37. The summed E-state index contributed by atoms with van der Waals surface area (Å²) in [4.78, 5) is 0. The molecular formula is C13H15F3N4O2S. The molecule has 2 heterocycles. The largest absolute Gasteiger partial charge is 0.435 e. The Balaban J connectivity index is 2.50. The quantitative estimate of drug-likeness (QED) is 0.849. The van der Waals surface area contributed by atoms with E-state index in [2.05, 4.69) is 15.3 Å². The van der Waals surface area contributed by atoms with Gasteiger partial charge in [0.15, 0.2) is 26.4 Å². The summed E-state index contributed by atoms with van der Waals surface area (Å²) in [6.07, 6.45) is -1.84. The Hall–Kier alpha value is -1.97. The molecule has 0 amide bonds. The van der Waals surface area contributed by atoms with Gasteiger partial charge < -0.3 is 0 Å². The summed E-state index contributed by atoms with van der Waals surface area (Å²) in [5, 5.41) is 10.4. The third-order valence-electron chi connectivity index (χ3n) is 3.39. The second kappa shape index (κ2) is 5.91. The molecule has 0 bridgehead atoms. The molecule has 0 aliphatic carbocycles. The molecule has 6 nitrogen and oxygen atoms in total. The highest BCUT2D eigenvalue weighted by atomic mass is 32.2. The first-order chi connectivity index (χ1) is 10.5. The van der Waals surface area contributed by atoms with Crippen molar-refractivity contribution in [1.82, 2.24) is 20.0 Å². The molecule has 0 N–H and O–H groups in total. The summed E-state index contributed by atoms with van der Waals surface area (Å²) < 4.78 is 62.9. The summed E-state index contributed by atoms with van der Waals surface area (Å²) in [5.41, 5.74) is -0.908. The van der Waals surface area contributed by atoms with Crippen molar-refractivity contribution in [2.45, 2.75) is 37.4 Å². The molecule has 2 rings (SSSR count). The van der Waals surface area contributed by atoms with Gasteiger partial charge >= 0.3 is 6.18 Å². The maximum atomic E-state index is 13.1. The Bertz CT molecular complexity index is 798. The number of alkyl halides is 3. The number of halogens is 3. The molecule has 0 aromatic carbocycles. The molecule has 126 valence electrons. The normalized spacial score (nSPS) is 14.0. The number of sulfone groups is 1. The fourth-order valence-electron chi connectivity index (χ4n) is 1.94. The number of hydrogen-bond acceptors (Lipinski definition) is 5. The average Bonchev–Trinajstić information content (AvgIpc) is 2.91. The van der Waals surface area contributed by atoms with Crippen molar-refractivity contribution >= 4 is 9.84 Å². The lowest BCUT2D eigenvalue weighted by molar-refractivity contribution is -0.142. The van der Waals surface area contributed by atoms with Crippen LogP contribution in [0.5, 0.6) is 0 Å². The van der Waals surface area contributed by atoms with Crippen LogP contribution in [-0.2, 0) is 16.0 Å². The topological polar surface area (TPSA) is 77.7 Å². The zero-order valence-electron chi connectivity index (χ0n) is 12.7. The van der Waals surface area contributed by atoms with E-state index in [1.165, 1.54) is 18.3 Å². The summed E-state index contributed by atoms with van der Waals surface area (Å²) in [7, 11) is -3.53.